The third-order valence-corrected chi connectivity index (χ3v) is 5.65. The van der Waals surface area contributed by atoms with E-state index in [4.69, 9.17) is 11.6 Å². The number of hydrogen-bond acceptors (Lipinski definition) is 5. The van der Waals surface area contributed by atoms with Gasteiger partial charge in [0.1, 0.15) is 10.0 Å². The van der Waals surface area contributed by atoms with Crippen LogP contribution in [0.3, 0.4) is 0 Å². The molecule has 0 fully saturated rings. The highest BCUT2D eigenvalue weighted by atomic mass is 35.5. The Balaban J connectivity index is 1.86. The maximum atomic E-state index is 12.7. The lowest BCUT2D eigenvalue weighted by atomic mass is 10.2. The number of aromatic nitrogens is 2. The third-order valence-electron chi connectivity index (χ3n) is 3.39. The number of thiazole rings is 1. The van der Waals surface area contributed by atoms with E-state index in [0.717, 1.165) is 5.56 Å². The summed E-state index contributed by atoms with van der Waals surface area (Å²) in [4.78, 5) is 22.7. The van der Waals surface area contributed by atoms with Gasteiger partial charge >= 0.3 is 0 Å². The lowest BCUT2D eigenvalue weighted by molar-refractivity contribution is 0.0993. The van der Waals surface area contributed by atoms with Crippen molar-refractivity contribution >= 4 is 45.6 Å². The molecule has 0 atom stereocenters. The second kappa shape index (κ2) is 8.11. The highest BCUT2D eigenvalue weighted by molar-refractivity contribution is 7.99. The molecule has 0 aliphatic rings. The normalized spacial score (nSPS) is 11.0. The van der Waals surface area contributed by atoms with Crippen LogP contribution in [0.25, 0.3) is 10.6 Å². The van der Waals surface area contributed by atoms with Crippen molar-refractivity contribution in [1.29, 1.82) is 0 Å². The van der Waals surface area contributed by atoms with Crippen molar-refractivity contribution in [3.8, 4) is 10.6 Å². The highest BCUT2D eigenvalue weighted by Gasteiger charge is 2.21. The number of alkyl halides is 2. The molecule has 0 saturated heterocycles. The number of anilines is 1. The topological polar surface area (TPSA) is 46.1 Å². The molecule has 0 N–H and O–H groups in total. The van der Waals surface area contributed by atoms with Gasteiger partial charge < -0.3 is 4.90 Å². The zero-order chi connectivity index (χ0) is 18.7. The molecular weight excluding hydrogens is 400 g/mol. The van der Waals surface area contributed by atoms with E-state index in [1.165, 1.54) is 28.4 Å². The van der Waals surface area contributed by atoms with Crippen LogP contribution in [-0.2, 0) is 0 Å². The average Bonchev–Trinajstić information content (AvgIpc) is 3.02. The van der Waals surface area contributed by atoms with Gasteiger partial charge in [0.25, 0.3) is 11.7 Å². The monoisotopic (exact) mass is 411 g/mol. The molecule has 9 heteroatoms. The molecule has 0 unspecified atom stereocenters. The van der Waals surface area contributed by atoms with Crippen LogP contribution in [0.1, 0.15) is 10.4 Å². The number of pyridine rings is 1. The van der Waals surface area contributed by atoms with Gasteiger partial charge in [-0.3, -0.25) is 9.78 Å². The van der Waals surface area contributed by atoms with E-state index in [0.29, 0.717) is 32.2 Å². The Morgan fingerprint density at radius 3 is 2.81 bits per heavy atom. The molecule has 0 radical (unpaired) electrons. The van der Waals surface area contributed by atoms with Crippen molar-refractivity contribution in [1.82, 2.24) is 9.97 Å². The van der Waals surface area contributed by atoms with Crippen molar-refractivity contribution < 1.29 is 13.6 Å². The first kappa shape index (κ1) is 18.8. The third kappa shape index (κ3) is 4.20. The quantitative estimate of drug-likeness (QED) is 0.524. The molecular formula is C17H12ClF2N3OS2. The minimum atomic E-state index is -2.55. The molecule has 2 heterocycles. The molecule has 3 rings (SSSR count). The molecule has 0 aliphatic heterocycles. The summed E-state index contributed by atoms with van der Waals surface area (Å²) < 4.78 is 25.1. The minimum Gasteiger partial charge on any atom is -0.300 e. The summed E-state index contributed by atoms with van der Waals surface area (Å²) >= 11 is 7.85. The Kier molecular flexibility index (Phi) is 5.85. The average molecular weight is 412 g/mol. The smallest absolute Gasteiger partial charge is 0.288 e. The number of halogens is 3. The van der Waals surface area contributed by atoms with Crippen LogP contribution in [0.2, 0.25) is 5.15 Å². The lowest BCUT2D eigenvalue weighted by Crippen LogP contribution is -2.25. The summed E-state index contributed by atoms with van der Waals surface area (Å²) in [5.41, 5.74) is 1.09. The fraction of sp³-hybridized carbons (Fsp3) is 0.118. The van der Waals surface area contributed by atoms with Crippen LogP contribution in [0.15, 0.2) is 53.7 Å². The van der Waals surface area contributed by atoms with Crippen molar-refractivity contribution in [2.75, 3.05) is 11.9 Å². The minimum absolute atomic E-state index is 0.197. The maximum Gasteiger partial charge on any atom is 0.288 e. The van der Waals surface area contributed by atoms with Crippen LogP contribution in [0.5, 0.6) is 0 Å². The molecule has 2 aromatic heterocycles. The van der Waals surface area contributed by atoms with Gasteiger partial charge in [-0.15, -0.1) is 0 Å². The lowest BCUT2D eigenvalue weighted by Gasteiger charge is -2.15. The predicted octanol–water partition coefficient (Wildman–Crippen LogP) is 5.45. The van der Waals surface area contributed by atoms with Crippen molar-refractivity contribution in [2.24, 2.45) is 0 Å². The van der Waals surface area contributed by atoms with Gasteiger partial charge in [0.15, 0.2) is 5.15 Å². The van der Waals surface area contributed by atoms with E-state index in [1.54, 1.807) is 37.6 Å². The number of hydrogen-bond donors (Lipinski definition) is 0. The van der Waals surface area contributed by atoms with Gasteiger partial charge in [-0.1, -0.05) is 40.8 Å². The van der Waals surface area contributed by atoms with E-state index in [-0.39, 0.29) is 11.1 Å². The van der Waals surface area contributed by atoms with Gasteiger partial charge in [-0.25, -0.2) is 4.98 Å². The van der Waals surface area contributed by atoms with Crippen LogP contribution in [0, 0.1) is 0 Å². The number of rotatable bonds is 5. The summed E-state index contributed by atoms with van der Waals surface area (Å²) in [7, 11) is 1.57. The van der Waals surface area contributed by atoms with Gasteiger partial charge in [0.2, 0.25) is 0 Å². The second-order valence-corrected chi connectivity index (χ2v) is 7.53. The Labute approximate surface area is 161 Å². The molecule has 134 valence electrons. The molecule has 0 aliphatic carbocycles. The Morgan fingerprint density at radius 2 is 2.12 bits per heavy atom. The van der Waals surface area contributed by atoms with Gasteiger partial charge in [0, 0.05) is 35.5 Å². The van der Waals surface area contributed by atoms with E-state index in [9.17, 15) is 13.6 Å². The summed E-state index contributed by atoms with van der Waals surface area (Å²) in [6.45, 7) is 0. The van der Waals surface area contributed by atoms with Gasteiger partial charge in [0.05, 0.1) is 0 Å². The largest absolute Gasteiger partial charge is 0.300 e. The van der Waals surface area contributed by atoms with E-state index in [2.05, 4.69) is 9.97 Å². The number of thioether (sulfide) groups is 1. The van der Waals surface area contributed by atoms with Crippen molar-refractivity contribution in [3.05, 3.63) is 59.5 Å². The van der Waals surface area contributed by atoms with Crippen molar-refractivity contribution in [3.63, 3.8) is 0 Å². The number of benzene rings is 1. The molecule has 0 bridgehead atoms. The predicted molar refractivity (Wildman–Crippen MR) is 101 cm³/mol. The summed E-state index contributed by atoms with van der Waals surface area (Å²) in [5.74, 6) is -2.90. The Bertz CT molecular complexity index is 921. The van der Waals surface area contributed by atoms with Gasteiger partial charge in [-0.05, 0) is 30.3 Å². The maximum absolute atomic E-state index is 12.7. The van der Waals surface area contributed by atoms with Crippen LogP contribution >= 0.6 is 34.7 Å². The first-order valence-corrected chi connectivity index (χ1v) is 9.43. The van der Waals surface area contributed by atoms with Gasteiger partial charge in [-0.2, -0.15) is 8.78 Å². The first-order chi connectivity index (χ1) is 12.5. The number of carbonyl (C=O) groups excluding carboxylic acids is 1. The second-order valence-electron chi connectivity index (χ2n) is 5.13. The molecule has 4 nitrogen and oxygen atoms in total. The highest BCUT2D eigenvalue weighted by Crippen LogP contribution is 2.37. The molecule has 0 spiro atoms. The molecule has 3 aromatic rings. The molecule has 0 saturated carbocycles. The molecule has 1 amide bonds. The molecule has 1 aromatic carbocycles. The first-order valence-electron chi connectivity index (χ1n) is 7.35. The van der Waals surface area contributed by atoms with Crippen molar-refractivity contribution in [2.45, 2.75) is 10.7 Å². The van der Waals surface area contributed by atoms with E-state index >= 15 is 0 Å². The zero-order valence-electron chi connectivity index (χ0n) is 13.4. The number of carbonyl (C=O) groups is 1. The van der Waals surface area contributed by atoms with Crippen LogP contribution in [0.4, 0.5) is 13.8 Å². The van der Waals surface area contributed by atoms with E-state index in [1.807, 2.05) is 6.07 Å². The number of nitrogens with zero attached hydrogens (tertiary/aromatic N) is 3. The number of amides is 1. The Morgan fingerprint density at radius 1 is 1.31 bits per heavy atom. The fourth-order valence-electron chi connectivity index (χ4n) is 2.20. The Hall–Kier alpha value is -2.03. The fourth-order valence-corrected chi connectivity index (χ4v) is 4.05. The summed E-state index contributed by atoms with van der Waals surface area (Å²) in [5, 5.41) is 1.31. The summed E-state index contributed by atoms with van der Waals surface area (Å²) in [6, 6.07) is 9.75. The molecule has 26 heavy (non-hydrogen) atoms. The van der Waals surface area contributed by atoms with Crippen LogP contribution in [-0.4, -0.2) is 28.7 Å². The standard InChI is InChI=1S/C17H12ClF2N3OS2/c1-23(15(24)10-4-2-6-12(8-10)25-17(19)20)16-13(18)22-14(26-16)11-5-3-7-21-9-11/h2-9,17H,1H3. The van der Waals surface area contributed by atoms with Crippen LogP contribution < -0.4 is 4.90 Å². The summed E-state index contributed by atoms with van der Waals surface area (Å²) in [6.07, 6.45) is 3.31. The van der Waals surface area contributed by atoms with E-state index < -0.39 is 5.76 Å². The zero-order valence-corrected chi connectivity index (χ0v) is 15.8. The SMILES string of the molecule is CN(C(=O)c1cccc(SC(F)F)c1)c1sc(-c2cccnc2)nc1Cl.